The van der Waals surface area contributed by atoms with Crippen LogP contribution in [0.1, 0.15) is 5.56 Å². The molecule has 0 saturated heterocycles. The van der Waals surface area contributed by atoms with Crippen LogP contribution in [0.3, 0.4) is 0 Å². The van der Waals surface area contributed by atoms with E-state index in [0.717, 1.165) is 34.0 Å². The largest absolute Gasteiger partial charge is 0.496 e. The summed E-state index contributed by atoms with van der Waals surface area (Å²) in [6, 6.07) is 17.7. The number of hydrogen-bond acceptors (Lipinski definition) is 6. The summed E-state index contributed by atoms with van der Waals surface area (Å²) in [6.45, 7) is 0. The van der Waals surface area contributed by atoms with Crippen molar-refractivity contribution in [3.8, 4) is 17.0 Å². The molecule has 0 saturated carbocycles. The third kappa shape index (κ3) is 3.84. The molecule has 0 spiro atoms. The second-order valence-corrected chi connectivity index (χ2v) is 5.72. The van der Waals surface area contributed by atoms with Gasteiger partial charge in [-0.3, -0.25) is 5.14 Å². The van der Waals surface area contributed by atoms with Crippen LogP contribution in [0, 0.1) is 0 Å². The zero-order valence-corrected chi connectivity index (χ0v) is 14.1. The highest BCUT2D eigenvalue weighted by Crippen LogP contribution is 2.28. The highest BCUT2D eigenvalue weighted by molar-refractivity contribution is 7.96. The van der Waals surface area contributed by atoms with Crippen LogP contribution in [0.2, 0.25) is 0 Å². The maximum atomic E-state index is 5.53. The highest BCUT2D eigenvalue weighted by Gasteiger charge is 2.08. The van der Waals surface area contributed by atoms with Gasteiger partial charge in [0.05, 0.1) is 12.8 Å². The monoisotopic (exact) mass is 338 g/mol. The zero-order chi connectivity index (χ0) is 16.8. The van der Waals surface area contributed by atoms with Gasteiger partial charge in [0, 0.05) is 23.2 Å². The summed E-state index contributed by atoms with van der Waals surface area (Å²) in [4.78, 5) is 8.89. The third-order valence-electron chi connectivity index (χ3n) is 3.47. The molecule has 0 atom stereocenters. The lowest BCUT2D eigenvalue weighted by Gasteiger charge is -2.10. The average Bonchev–Trinajstić information content (AvgIpc) is 2.62. The van der Waals surface area contributed by atoms with E-state index in [1.807, 2.05) is 54.6 Å². The smallest absolute Gasteiger partial charge is 0.227 e. The fourth-order valence-corrected chi connectivity index (χ4v) is 2.76. The minimum Gasteiger partial charge on any atom is -0.496 e. The first-order chi connectivity index (χ1) is 11.8. The minimum absolute atomic E-state index is 0.538. The average molecular weight is 338 g/mol. The predicted octanol–water partition coefficient (Wildman–Crippen LogP) is 4.00. The Morgan fingerprint density at radius 3 is 2.83 bits per heavy atom. The lowest BCUT2D eigenvalue weighted by Crippen LogP contribution is -1.99. The Kier molecular flexibility index (Phi) is 5.30. The van der Waals surface area contributed by atoms with Crippen LogP contribution in [0.4, 0.5) is 11.6 Å². The van der Waals surface area contributed by atoms with Crippen LogP contribution >= 0.6 is 11.9 Å². The number of rotatable bonds is 6. The lowest BCUT2D eigenvalue weighted by atomic mass is 10.1. The molecule has 0 aliphatic rings. The fourth-order valence-electron chi connectivity index (χ4n) is 2.39. The molecule has 3 aromatic rings. The summed E-state index contributed by atoms with van der Waals surface area (Å²) < 4.78 is 5.41. The molecule has 0 radical (unpaired) electrons. The van der Waals surface area contributed by atoms with Gasteiger partial charge in [-0.2, -0.15) is 0 Å². The van der Waals surface area contributed by atoms with E-state index in [0.29, 0.717) is 5.95 Å². The molecule has 0 unspecified atom stereocenters. The number of benzene rings is 2. The molecule has 3 N–H and O–H groups in total. The molecule has 122 valence electrons. The van der Waals surface area contributed by atoms with Crippen molar-refractivity contribution in [2.75, 3.05) is 12.4 Å². The number of methoxy groups -OCH3 is 1. The molecule has 5 nitrogen and oxygen atoms in total. The van der Waals surface area contributed by atoms with Crippen LogP contribution in [0.25, 0.3) is 11.3 Å². The number of nitrogens with two attached hydrogens (primary N) is 1. The summed E-state index contributed by atoms with van der Waals surface area (Å²) in [5, 5.41) is 8.77. The first kappa shape index (κ1) is 16.3. The van der Waals surface area contributed by atoms with Crippen LogP contribution in [0.15, 0.2) is 60.8 Å². The van der Waals surface area contributed by atoms with Gasteiger partial charge in [0.25, 0.3) is 0 Å². The number of anilines is 2. The molecule has 6 heteroatoms. The molecule has 24 heavy (non-hydrogen) atoms. The number of nitrogens with zero attached hydrogens (tertiary/aromatic N) is 2. The number of nitrogens with one attached hydrogen (secondary N) is 1. The quantitative estimate of drug-likeness (QED) is 0.662. The van der Waals surface area contributed by atoms with Crippen molar-refractivity contribution in [2.45, 2.75) is 5.75 Å². The Morgan fingerprint density at radius 1 is 1.12 bits per heavy atom. The molecule has 0 amide bonds. The molecule has 0 bridgehead atoms. The first-order valence-electron chi connectivity index (χ1n) is 7.44. The molecule has 1 aromatic heterocycles. The van der Waals surface area contributed by atoms with Gasteiger partial charge in [0.2, 0.25) is 5.95 Å². The standard InChI is InChI=1S/C18H18N4OS/c1-23-17-8-3-2-7-15(17)16-9-10-20-18(22-16)21-14-6-4-5-13(11-14)12-24-19/h2-11H,12,19H2,1H3,(H,20,21,22). The predicted molar refractivity (Wildman–Crippen MR) is 99.2 cm³/mol. The van der Waals surface area contributed by atoms with Gasteiger partial charge in [0.1, 0.15) is 5.75 Å². The SMILES string of the molecule is COc1ccccc1-c1ccnc(Nc2cccc(CSN)c2)n1. The third-order valence-corrected chi connectivity index (χ3v) is 3.97. The van der Waals surface area contributed by atoms with Crippen molar-refractivity contribution < 1.29 is 4.74 Å². The van der Waals surface area contributed by atoms with E-state index in [4.69, 9.17) is 9.88 Å². The zero-order valence-electron chi connectivity index (χ0n) is 13.3. The number of ether oxygens (including phenoxy) is 1. The highest BCUT2D eigenvalue weighted by atomic mass is 32.2. The summed E-state index contributed by atoms with van der Waals surface area (Å²) >= 11 is 1.30. The molecule has 2 aromatic carbocycles. The van der Waals surface area contributed by atoms with E-state index < -0.39 is 0 Å². The van der Waals surface area contributed by atoms with E-state index >= 15 is 0 Å². The summed E-state index contributed by atoms with van der Waals surface area (Å²) in [5.41, 5.74) is 3.81. The van der Waals surface area contributed by atoms with Gasteiger partial charge >= 0.3 is 0 Å². The van der Waals surface area contributed by atoms with Crippen LogP contribution < -0.4 is 15.2 Å². The Labute approximate surface area is 145 Å². The summed E-state index contributed by atoms with van der Waals surface area (Å²) in [7, 11) is 1.65. The van der Waals surface area contributed by atoms with E-state index in [-0.39, 0.29) is 0 Å². The normalized spacial score (nSPS) is 10.4. The van der Waals surface area contributed by atoms with Crippen LogP contribution in [0.5, 0.6) is 5.75 Å². The first-order valence-corrected chi connectivity index (χ1v) is 8.49. The van der Waals surface area contributed by atoms with Crippen LogP contribution in [-0.4, -0.2) is 17.1 Å². The molecule has 0 fully saturated rings. The molecule has 0 aliphatic carbocycles. The van der Waals surface area contributed by atoms with Gasteiger partial charge in [-0.15, -0.1) is 0 Å². The maximum absolute atomic E-state index is 5.53. The molecule has 0 aliphatic heterocycles. The van der Waals surface area contributed by atoms with Crippen molar-refractivity contribution in [1.82, 2.24) is 9.97 Å². The van der Waals surface area contributed by atoms with Crippen molar-refractivity contribution in [2.24, 2.45) is 5.14 Å². The van der Waals surface area contributed by atoms with Crippen LogP contribution in [-0.2, 0) is 5.75 Å². The number of hydrogen-bond donors (Lipinski definition) is 2. The molecular formula is C18H18N4OS. The van der Waals surface area contributed by atoms with E-state index in [1.165, 1.54) is 11.9 Å². The molecule has 1 heterocycles. The van der Waals surface area contributed by atoms with Gasteiger partial charge in [-0.05, 0) is 35.9 Å². The van der Waals surface area contributed by atoms with Gasteiger partial charge < -0.3 is 10.1 Å². The van der Waals surface area contributed by atoms with E-state index in [9.17, 15) is 0 Å². The van der Waals surface area contributed by atoms with Gasteiger partial charge in [0.15, 0.2) is 0 Å². The maximum Gasteiger partial charge on any atom is 0.227 e. The Balaban J connectivity index is 1.87. The van der Waals surface area contributed by atoms with E-state index in [1.54, 1.807) is 13.3 Å². The Bertz CT molecular complexity index is 825. The number of aromatic nitrogens is 2. The van der Waals surface area contributed by atoms with Crippen molar-refractivity contribution >= 4 is 23.6 Å². The second kappa shape index (κ2) is 7.81. The Morgan fingerprint density at radius 2 is 2.00 bits per heavy atom. The Hall–Kier alpha value is -2.57. The van der Waals surface area contributed by atoms with Gasteiger partial charge in [-0.25, -0.2) is 9.97 Å². The number of para-hydroxylation sites is 1. The minimum atomic E-state index is 0.538. The topological polar surface area (TPSA) is 73.1 Å². The molecular weight excluding hydrogens is 320 g/mol. The van der Waals surface area contributed by atoms with Crippen molar-refractivity contribution in [3.05, 3.63) is 66.4 Å². The lowest BCUT2D eigenvalue weighted by molar-refractivity contribution is 0.416. The van der Waals surface area contributed by atoms with Crippen molar-refractivity contribution in [3.63, 3.8) is 0 Å². The molecule has 3 rings (SSSR count). The van der Waals surface area contributed by atoms with E-state index in [2.05, 4.69) is 15.3 Å². The van der Waals surface area contributed by atoms with Gasteiger partial charge in [-0.1, -0.05) is 36.2 Å². The fraction of sp³-hybridized carbons (Fsp3) is 0.111. The summed E-state index contributed by atoms with van der Waals surface area (Å²) in [6.07, 6.45) is 1.73. The second-order valence-electron chi connectivity index (χ2n) is 5.10. The van der Waals surface area contributed by atoms with Crippen molar-refractivity contribution in [1.29, 1.82) is 0 Å². The summed E-state index contributed by atoms with van der Waals surface area (Å²) in [5.74, 6) is 2.08.